The van der Waals surface area contributed by atoms with Gasteiger partial charge in [0.2, 0.25) is 0 Å². The molecule has 0 fully saturated rings. The van der Waals surface area contributed by atoms with E-state index in [4.69, 9.17) is 0 Å². The molecule has 0 N–H and O–H groups in total. The van der Waals surface area contributed by atoms with Crippen LogP contribution < -0.4 is 0 Å². The first kappa shape index (κ1) is 10.5. The van der Waals surface area contributed by atoms with E-state index >= 15 is 0 Å². The van der Waals surface area contributed by atoms with Crippen LogP contribution in [0.25, 0.3) is 0 Å². The number of aryl methyl sites for hydroxylation is 1. The molecule has 0 heterocycles. The van der Waals surface area contributed by atoms with Crippen molar-refractivity contribution in [3.63, 3.8) is 0 Å². The van der Waals surface area contributed by atoms with Gasteiger partial charge >= 0.3 is 0 Å². The van der Waals surface area contributed by atoms with Crippen LogP contribution in [0.2, 0.25) is 0 Å². The summed E-state index contributed by atoms with van der Waals surface area (Å²) < 4.78 is 0. The van der Waals surface area contributed by atoms with Crippen molar-refractivity contribution in [2.75, 3.05) is 0 Å². The minimum absolute atomic E-state index is 1.03. The van der Waals surface area contributed by atoms with Crippen LogP contribution in [0.3, 0.4) is 0 Å². The Morgan fingerprint density at radius 3 is 2.71 bits per heavy atom. The van der Waals surface area contributed by atoms with Gasteiger partial charge in [-0.1, -0.05) is 49.1 Å². The highest BCUT2D eigenvalue weighted by Gasteiger charge is 1.86. The molecule has 72 valence electrons. The van der Waals surface area contributed by atoms with Crippen LogP contribution >= 0.6 is 0 Å². The van der Waals surface area contributed by atoms with Crippen molar-refractivity contribution in [3.05, 3.63) is 60.8 Å². The molecule has 0 spiro atoms. The van der Waals surface area contributed by atoms with Gasteiger partial charge in [-0.2, -0.15) is 0 Å². The Hall–Kier alpha value is -1.63. The zero-order valence-corrected chi connectivity index (χ0v) is 8.26. The molecule has 0 saturated heterocycles. The molecule has 0 aromatic heterocycles. The molecule has 1 heteroatoms. The van der Waals surface area contributed by atoms with Crippen LogP contribution in [0, 0.1) is 0 Å². The van der Waals surface area contributed by atoms with Crippen LogP contribution in [0.15, 0.2) is 60.3 Å². The summed E-state index contributed by atoms with van der Waals surface area (Å²) in [5.74, 6) is 0. The summed E-state index contributed by atoms with van der Waals surface area (Å²) >= 11 is 0. The van der Waals surface area contributed by atoms with Crippen molar-refractivity contribution in [1.29, 1.82) is 0 Å². The van der Waals surface area contributed by atoms with Gasteiger partial charge in [0.25, 0.3) is 0 Å². The van der Waals surface area contributed by atoms with Gasteiger partial charge in [0.05, 0.1) is 0 Å². The summed E-state index contributed by atoms with van der Waals surface area (Å²) in [5.41, 5.74) is 1.37. The summed E-state index contributed by atoms with van der Waals surface area (Å²) in [7, 11) is 0. The van der Waals surface area contributed by atoms with Crippen LogP contribution in [-0.2, 0) is 6.42 Å². The molecule has 0 saturated carbocycles. The van der Waals surface area contributed by atoms with Gasteiger partial charge in [-0.3, -0.25) is 4.99 Å². The molecule has 0 aliphatic carbocycles. The van der Waals surface area contributed by atoms with Crippen molar-refractivity contribution in [3.8, 4) is 0 Å². The Bertz CT molecular complexity index is 309. The SMILES string of the molecule is C=CC=N/C=C\CCc1ccccc1. The highest BCUT2D eigenvalue weighted by Crippen LogP contribution is 2.02. The molecule has 0 aliphatic heterocycles. The lowest BCUT2D eigenvalue weighted by atomic mass is 10.1. The molecule has 0 amide bonds. The topological polar surface area (TPSA) is 12.4 Å². The number of allylic oxidation sites excluding steroid dienone is 2. The quantitative estimate of drug-likeness (QED) is 0.623. The Labute approximate surface area is 85.5 Å². The number of aliphatic imine (C=N–C) groups is 1. The average Bonchev–Trinajstić information content (AvgIpc) is 2.25. The number of hydrogen-bond acceptors (Lipinski definition) is 1. The van der Waals surface area contributed by atoms with Gasteiger partial charge in [0, 0.05) is 12.4 Å². The monoisotopic (exact) mass is 185 g/mol. The highest BCUT2D eigenvalue weighted by molar-refractivity contribution is 5.70. The maximum atomic E-state index is 4.00. The Kier molecular flexibility index (Phi) is 5.11. The Morgan fingerprint density at radius 1 is 1.21 bits per heavy atom. The van der Waals surface area contributed by atoms with Crippen molar-refractivity contribution in [1.82, 2.24) is 0 Å². The van der Waals surface area contributed by atoms with E-state index in [2.05, 4.69) is 41.9 Å². The van der Waals surface area contributed by atoms with Gasteiger partial charge in [0.15, 0.2) is 0 Å². The average molecular weight is 185 g/mol. The normalized spacial score (nSPS) is 11.1. The minimum Gasteiger partial charge on any atom is -0.265 e. The van der Waals surface area contributed by atoms with Gasteiger partial charge in [-0.15, -0.1) is 0 Å². The predicted octanol–water partition coefficient (Wildman–Crippen LogP) is 3.39. The molecule has 0 unspecified atom stereocenters. The molecular formula is C13H15N. The molecule has 0 bridgehead atoms. The van der Waals surface area contributed by atoms with Crippen molar-refractivity contribution in [2.24, 2.45) is 4.99 Å². The fourth-order valence-electron chi connectivity index (χ4n) is 1.14. The lowest BCUT2D eigenvalue weighted by molar-refractivity contribution is 0.998. The summed E-state index contributed by atoms with van der Waals surface area (Å²) in [5, 5.41) is 0. The summed E-state index contributed by atoms with van der Waals surface area (Å²) in [6.45, 7) is 3.54. The molecule has 1 nitrogen and oxygen atoms in total. The third kappa shape index (κ3) is 4.41. The van der Waals surface area contributed by atoms with E-state index in [0.29, 0.717) is 0 Å². The van der Waals surface area contributed by atoms with E-state index in [-0.39, 0.29) is 0 Å². The molecule has 0 atom stereocenters. The van der Waals surface area contributed by atoms with Gasteiger partial charge < -0.3 is 0 Å². The zero-order chi connectivity index (χ0) is 10.1. The molecule has 1 rings (SSSR count). The summed E-state index contributed by atoms with van der Waals surface area (Å²) in [4.78, 5) is 4.00. The third-order valence-corrected chi connectivity index (χ3v) is 1.83. The second-order valence-electron chi connectivity index (χ2n) is 2.94. The first-order valence-electron chi connectivity index (χ1n) is 4.76. The molecule has 14 heavy (non-hydrogen) atoms. The number of nitrogens with zero attached hydrogens (tertiary/aromatic N) is 1. The van der Waals surface area contributed by atoms with Crippen molar-refractivity contribution >= 4 is 6.21 Å². The number of hydrogen-bond donors (Lipinski definition) is 0. The number of rotatable bonds is 5. The first-order valence-corrected chi connectivity index (χ1v) is 4.76. The standard InChI is InChI=1S/C13H15N/c1-2-11-14-12-7-6-10-13-8-4-3-5-9-13/h2-5,7-9,11-12H,1,6,10H2/b12-7-,14-11?. The van der Waals surface area contributed by atoms with Crippen LogP contribution in [-0.4, -0.2) is 6.21 Å². The van der Waals surface area contributed by atoms with E-state index in [1.165, 1.54) is 5.56 Å². The lowest BCUT2D eigenvalue weighted by Gasteiger charge is -1.95. The van der Waals surface area contributed by atoms with E-state index in [0.717, 1.165) is 12.8 Å². The minimum atomic E-state index is 1.03. The highest BCUT2D eigenvalue weighted by atomic mass is 14.6. The van der Waals surface area contributed by atoms with Crippen molar-refractivity contribution in [2.45, 2.75) is 12.8 Å². The van der Waals surface area contributed by atoms with E-state index < -0.39 is 0 Å². The molecule has 0 aliphatic rings. The molecular weight excluding hydrogens is 170 g/mol. The first-order chi connectivity index (χ1) is 6.93. The Morgan fingerprint density at radius 2 is 2.00 bits per heavy atom. The fraction of sp³-hybridized carbons (Fsp3) is 0.154. The molecule has 1 aromatic rings. The fourth-order valence-corrected chi connectivity index (χ4v) is 1.14. The maximum Gasteiger partial charge on any atom is 0.0261 e. The van der Waals surface area contributed by atoms with E-state index in [9.17, 15) is 0 Å². The van der Waals surface area contributed by atoms with E-state index in [1.807, 2.05) is 12.3 Å². The van der Waals surface area contributed by atoms with Crippen molar-refractivity contribution < 1.29 is 0 Å². The lowest BCUT2D eigenvalue weighted by Crippen LogP contribution is -1.80. The largest absolute Gasteiger partial charge is 0.265 e. The van der Waals surface area contributed by atoms with Gasteiger partial charge in [0.1, 0.15) is 0 Å². The number of benzene rings is 1. The third-order valence-electron chi connectivity index (χ3n) is 1.83. The second-order valence-corrected chi connectivity index (χ2v) is 2.94. The van der Waals surface area contributed by atoms with E-state index in [1.54, 1.807) is 12.3 Å². The zero-order valence-electron chi connectivity index (χ0n) is 8.26. The second kappa shape index (κ2) is 6.84. The summed E-state index contributed by atoms with van der Waals surface area (Å²) in [6, 6.07) is 10.4. The molecule has 1 aromatic carbocycles. The van der Waals surface area contributed by atoms with Crippen LogP contribution in [0.1, 0.15) is 12.0 Å². The van der Waals surface area contributed by atoms with Gasteiger partial charge in [-0.05, 0) is 18.4 Å². The predicted molar refractivity (Wildman–Crippen MR) is 62.6 cm³/mol. The van der Waals surface area contributed by atoms with Crippen LogP contribution in [0.5, 0.6) is 0 Å². The Balaban J connectivity index is 2.25. The molecule has 0 radical (unpaired) electrons. The summed E-state index contributed by atoms with van der Waals surface area (Å²) in [6.07, 6.45) is 9.32. The van der Waals surface area contributed by atoms with Crippen LogP contribution in [0.4, 0.5) is 0 Å². The maximum absolute atomic E-state index is 4.00. The smallest absolute Gasteiger partial charge is 0.0261 e. The van der Waals surface area contributed by atoms with Gasteiger partial charge in [-0.25, -0.2) is 0 Å².